The van der Waals surface area contributed by atoms with E-state index in [1.54, 1.807) is 6.20 Å². The minimum absolute atomic E-state index is 0.623. The van der Waals surface area contributed by atoms with E-state index >= 15 is 0 Å². The Morgan fingerprint density at radius 2 is 1.89 bits per heavy atom. The fourth-order valence-electron chi connectivity index (χ4n) is 2.41. The summed E-state index contributed by atoms with van der Waals surface area (Å²) in [4.78, 5) is 4.23. The van der Waals surface area contributed by atoms with Crippen LogP contribution in [0.3, 0.4) is 0 Å². The molecular formula is C15H8ClNO. The van der Waals surface area contributed by atoms with Crippen LogP contribution < -0.4 is 0 Å². The maximum absolute atomic E-state index is 6.02. The molecule has 0 unspecified atom stereocenters. The van der Waals surface area contributed by atoms with Crippen LogP contribution in [0.25, 0.3) is 32.8 Å². The van der Waals surface area contributed by atoms with E-state index in [0.29, 0.717) is 10.7 Å². The molecule has 86 valence electrons. The zero-order valence-corrected chi connectivity index (χ0v) is 10.1. The summed E-state index contributed by atoms with van der Waals surface area (Å²) >= 11 is 6.02. The zero-order chi connectivity index (χ0) is 12.1. The van der Waals surface area contributed by atoms with Gasteiger partial charge in [-0.3, -0.25) is 0 Å². The quantitative estimate of drug-likeness (QED) is 0.450. The van der Waals surface area contributed by atoms with E-state index in [1.807, 2.05) is 24.3 Å². The van der Waals surface area contributed by atoms with Crippen molar-refractivity contribution >= 4 is 44.4 Å². The number of benzene rings is 2. The van der Waals surface area contributed by atoms with Crippen LogP contribution in [0.15, 0.2) is 53.1 Å². The molecule has 0 aliphatic carbocycles. The van der Waals surface area contributed by atoms with Crippen molar-refractivity contribution in [2.45, 2.75) is 0 Å². The number of furan rings is 1. The van der Waals surface area contributed by atoms with Crippen molar-refractivity contribution in [3.63, 3.8) is 0 Å². The average Bonchev–Trinajstić information content (AvgIpc) is 2.77. The molecule has 0 spiro atoms. The Balaban J connectivity index is 2.35. The number of halogens is 1. The highest BCUT2D eigenvalue weighted by Gasteiger charge is 2.11. The number of rotatable bonds is 0. The molecule has 0 aliphatic heterocycles. The van der Waals surface area contributed by atoms with Crippen molar-refractivity contribution in [3.8, 4) is 0 Å². The first-order chi connectivity index (χ1) is 8.83. The summed E-state index contributed by atoms with van der Waals surface area (Å²) in [6.45, 7) is 0. The van der Waals surface area contributed by atoms with Crippen LogP contribution in [0, 0.1) is 0 Å². The third-order valence-corrected chi connectivity index (χ3v) is 3.39. The summed E-state index contributed by atoms with van der Waals surface area (Å²) in [5, 5.41) is 5.02. The van der Waals surface area contributed by atoms with Crippen molar-refractivity contribution in [1.29, 1.82) is 0 Å². The Bertz CT molecular complexity index is 895. The minimum atomic E-state index is 0.623. The average molecular weight is 254 g/mol. The third-order valence-electron chi connectivity index (χ3n) is 3.18. The second-order valence-corrected chi connectivity index (χ2v) is 4.70. The maximum Gasteiger partial charge on any atom is 0.227 e. The number of nitrogens with zero attached hydrogens (tertiary/aromatic N) is 1. The van der Waals surface area contributed by atoms with Crippen molar-refractivity contribution in [3.05, 3.63) is 53.7 Å². The monoisotopic (exact) mass is 253 g/mol. The molecule has 4 aromatic rings. The first kappa shape index (κ1) is 9.92. The van der Waals surface area contributed by atoms with Crippen LogP contribution in [0.4, 0.5) is 0 Å². The first-order valence-corrected chi connectivity index (χ1v) is 6.06. The van der Waals surface area contributed by atoms with Gasteiger partial charge in [0.2, 0.25) is 5.71 Å². The second kappa shape index (κ2) is 3.47. The fraction of sp³-hybridized carbons (Fsp3) is 0. The van der Waals surface area contributed by atoms with Crippen LogP contribution in [0.5, 0.6) is 0 Å². The number of aromatic nitrogens is 1. The van der Waals surface area contributed by atoms with Crippen LogP contribution in [-0.4, -0.2) is 4.98 Å². The molecule has 0 amide bonds. The minimum Gasteiger partial charge on any atom is -0.438 e. The lowest BCUT2D eigenvalue weighted by Crippen LogP contribution is -1.75. The molecular weight excluding hydrogens is 246 g/mol. The lowest BCUT2D eigenvalue weighted by atomic mass is 10.0. The molecule has 2 aromatic heterocycles. The molecule has 0 N–H and O–H groups in total. The van der Waals surface area contributed by atoms with Gasteiger partial charge in [-0.15, -0.1) is 0 Å². The van der Waals surface area contributed by atoms with Gasteiger partial charge in [0.05, 0.1) is 10.4 Å². The van der Waals surface area contributed by atoms with E-state index in [2.05, 4.69) is 23.2 Å². The standard InChI is InChI=1S/C15H8ClNO/c16-10-7-12-14-11-4-2-1-3-9(11)5-6-13(14)18-15(12)17-8-10/h1-8H. The molecule has 0 atom stereocenters. The largest absolute Gasteiger partial charge is 0.438 e. The molecule has 0 bridgehead atoms. The normalized spacial score (nSPS) is 11.6. The molecule has 18 heavy (non-hydrogen) atoms. The highest BCUT2D eigenvalue weighted by atomic mass is 35.5. The van der Waals surface area contributed by atoms with E-state index in [0.717, 1.165) is 21.7 Å². The lowest BCUT2D eigenvalue weighted by Gasteiger charge is -1.98. The molecule has 3 heteroatoms. The van der Waals surface area contributed by atoms with Gasteiger partial charge in [0, 0.05) is 11.6 Å². The van der Waals surface area contributed by atoms with E-state index in [9.17, 15) is 0 Å². The SMILES string of the molecule is Clc1cnc2oc3ccc4ccccc4c3c2c1. The predicted molar refractivity (Wildman–Crippen MR) is 74.0 cm³/mol. The van der Waals surface area contributed by atoms with Crippen LogP contribution in [0.1, 0.15) is 0 Å². The highest BCUT2D eigenvalue weighted by Crippen LogP contribution is 2.34. The van der Waals surface area contributed by atoms with Gasteiger partial charge in [0.1, 0.15) is 5.58 Å². The van der Waals surface area contributed by atoms with Crippen molar-refractivity contribution in [2.75, 3.05) is 0 Å². The topological polar surface area (TPSA) is 26.0 Å². The van der Waals surface area contributed by atoms with Gasteiger partial charge < -0.3 is 4.42 Å². The van der Waals surface area contributed by atoms with Crippen LogP contribution >= 0.6 is 11.6 Å². The third kappa shape index (κ3) is 1.27. The summed E-state index contributed by atoms with van der Waals surface area (Å²) < 4.78 is 5.75. The molecule has 0 saturated heterocycles. The van der Waals surface area contributed by atoms with E-state index in [4.69, 9.17) is 16.0 Å². The number of hydrogen-bond acceptors (Lipinski definition) is 2. The molecule has 2 heterocycles. The van der Waals surface area contributed by atoms with E-state index < -0.39 is 0 Å². The number of fused-ring (bicyclic) bond motifs is 5. The van der Waals surface area contributed by atoms with Crippen molar-refractivity contribution < 1.29 is 4.42 Å². The van der Waals surface area contributed by atoms with Gasteiger partial charge in [-0.2, -0.15) is 0 Å². The van der Waals surface area contributed by atoms with E-state index in [-0.39, 0.29) is 0 Å². The summed E-state index contributed by atoms with van der Waals surface area (Å²) in [6.07, 6.45) is 1.61. The summed E-state index contributed by atoms with van der Waals surface area (Å²) in [6, 6.07) is 14.2. The Labute approximate surface area is 108 Å². The summed E-state index contributed by atoms with van der Waals surface area (Å²) in [5.74, 6) is 0. The van der Waals surface area contributed by atoms with Crippen molar-refractivity contribution in [2.24, 2.45) is 0 Å². The second-order valence-electron chi connectivity index (χ2n) is 4.27. The highest BCUT2D eigenvalue weighted by molar-refractivity contribution is 6.32. The summed E-state index contributed by atoms with van der Waals surface area (Å²) in [7, 11) is 0. The number of pyridine rings is 1. The molecule has 0 radical (unpaired) electrons. The van der Waals surface area contributed by atoms with Gasteiger partial charge in [-0.25, -0.2) is 4.98 Å². The molecule has 4 rings (SSSR count). The van der Waals surface area contributed by atoms with Crippen molar-refractivity contribution in [1.82, 2.24) is 4.98 Å². The molecule has 0 aliphatic rings. The zero-order valence-electron chi connectivity index (χ0n) is 9.35. The molecule has 0 fully saturated rings. The maximum atomic E-state index is 6.02. The van der Waals surface area contributed by atoms with Gasteiger partial charge in [0.25, 0.3) is 0 Å². The molecule has 0 saturated carbocycles. The Morgan fingerprint density at radius 1 is 1.00 bits per heavy atom. The fourth-order valence-corrected chi connectivity index (χ4v) is 2.56. The van der Waals surface area contributed by atoms with Gasteiger partial charge in [0.15, 0.2) is 0 Å². The van der Waals surface area contributed by atoms with E-state index in [1.165, 1.54) is 5.39 Å². The molecule has 2 aromatic carbocycles. The Morgan fingerprint density at radius 3 is 2.83 bits per heavy atom. The van der Waals surface area contributed by atoms with Crippen LogP contribution in [-0.2, 0) is 0 Å². The lowest BCUT2D eigenvalue weighted by molar-refractivity contribution is 0.654. The smallest absolute Gasteiger partial charge is 0.227 e. The van der Waals surface area contributed by atoms with Crippen LogP contribution in [0.2, 0.25) is 5.02 Å². The van der Waals surface area contributed by atoms with Gasteiger partial charge >= 0.3 is 0 Å². The molecule has 2 nitrogen and oxygen atoms in total. The predicted octanol–water partition coefficient (Wildman–Crippen LogP) is 4.79. The number of hydrogen-bond donors (Lipinski definition) is 0. The van der Waals surface area contributed by atoms with Gasteiger partial charge in [-0.1, -0.05) is 41.9 Å². The summed E-state index contributed by atoms with van der Waals surface area (Å²) in [5.41, 5.74) is 1.48. The Kier molecular flexibility index (Phi) is 1.91. The van der Waals surface area contributed by atoms with Gasteiger partial charge in [-0.05, 0) is 22.9 Å². The Hall–Kier alpha value is -2.06. The first-order valence-electron chi connectivity index (χ1n) is 5.68.